The number of benzene rings is 3. The Morgan fingerprint density at radius 2 is 1.30 bits per heavy atom. The van der Waals surface area contributed by atoms with E-state index in [0.29, 0.717) is 0 Å². The summed E-state index contributed by atoms with van der Waals surface area (Å²) in [6.07, 6.45) is 0.719. The largest absolute Gasteiger partial charge is 0.396 e. The number of hydrogen-bond donors (Lipinski definition) is 1. The molecule has 4 rings (SSSR count). The van der Waals surface area contributed by atoms with Crippen LogP contribution in [0.3, 0.4) is 0 Å². The van der Waals surface area contributed by atoms with Crippen molar-refractivity contribution in [2.24, 2.45) is 0 Å². The fourth-order valence-corrected chi connectivity index (χ4v) is 6.56. The second-order valence-corrected chi connectivity index (χ2v) is 8.47. The Kier molecular flexibility index (Phi) is 4.17. The summed E-state index contributed by atoms with van der Waals surface area (Å²) in [7, 11) is -0.0535. The molecule has 0 aliphatic carbocycles. The van der Waals surface area contributed by atoms with Gasteiger partial charge in [0, 0.05) is 6.61 Å². The third-order valence-corrected chi connectivity index (χ3v) is 7.66. The Bertz CT molecular complexity index is 782. The summed E-state index contributed by atoms with van der Waals surface area (Å²) in [5, 5.41) is 9.10. The first-order valence-electron chi connectivity index (χ1n) is 7.67. The number of fused-ring (bicyclic) bond motifs is 2. The molecule has 0 radical (unpaired) electrons. The van der Waals surface area contributed by atoms with Gasteiger partial charge >= 0.3 is 0 Å². The highest BCUT2D eigenvalue weighted by atomic mass is 32.2. The van der Waals surface area contributed by atoms with Gasteiger partial charge in [-0.2, -0.15) is 0 Å². The van der Waals surface area contributed by atoms with Gasteiger partial charge in [-0.25, -0.2) is 0 Å². The van der Waals surface area contributed by atoms with E-state index in [1.54, 1.807) is 0 Å². The van der Waals surface area contributed by atoms with Gasteiger partial charge in [-0.15, -0.1) is 0 Å². The van der Waals surface area contributed by atoms with Crippen LogP contribution < -0.4 is 0 Å². The Balaban J connectivity index is 1.84. The number of aliphatic hydroxyl groups excluding tert-OH is 1. The normalized spacial score (nSPS) is 13.4. The van der Waals surface area contributed by atoms with Crippen LogP contribution in [0.25, 0.3) is 0 Å². The minimum Gasteiger partial charge on any atom is -0.396 e. The molecule has 0 amide bonds. The van der Waals surface area contributed by atoms with Crippen molar-refractivity contribution in [3.63, 3.8) is 0 Å². The first-order chi connectivity index (χ1) is 11.4. The molecule has 1 N–H and O–H groups in total. The van der Waals surface area contributed by atoms with E-state index < -0.39 is 0 Å². The summed E-state index contributed by atoms with van der Waals surface area (Å²) in [6.45, 7) is 0.202. The lowest BCUT2D eigenvalue weighted by molar-refractivity contribution is 0.299. The van der Waals surface area contributed by atoms with Crippen molar-refractivity contribution < 1.29 is 5.11 Å². The van der Waals surface area contributed by atoms with E-state index in [2.05, 4.69) is 72.8 Å². The van der Waals surface area contributed by atoms with Crippen LogP contribution in [0, 0.1) is 0 Å². The summed E-state index contributed by atoms with van der Waals surface area (Å²) in [6, 6.07) is 26.2. The second-order valence-electron chi connectivity index (χ2n) is 5.42. The Morgan fingerprint density at radius 1 is 0.739 bits per heavy atom. The lowest BCUT2D eigenvalue weighted by Crippen LogP contribution is -2.10. The van der Waals surface area contributed by atoms with Crippen LogP contribution in [0.4, 0.5) is 0 Å². The third-order valence-electron chi connectivity index (χ3n) is 3.92. The Labute approximate surface area is 143 Å². The highest BCUT2D eigenvalue weighted by Crippen LogP contribution is 2.47. The molecule has 0 saturated heterocycles. The average molecular weight is 337 g/mol. The van der Waals surface area contributed by atoms with Crippen molar-refractivity contribution in [3.8, 4) is 0 Å². The van der Waals surface area contributed by atoms with Gasteiger partial charge < -0.3 is 5.11 Å². The van der Waals surface area contributed by atoms with Crippen molar-refractivity contribution in [2.45, 2.75) is 30.9 Å². The lowest BCUT2D eigenvalue weighted by atomic mass is 10.2. The van der Waals surface area contributed by atoms with E-state index in [4.69, 9.17) is 5.11 Å². The van der Waals surface area contributed by atoms with Crippen LogP contribution in [0.1, 0.15) is 5.56 Å². The van der Waals surface area contributed by atoms with E-state index in [1.807, 2.05) is 11.8 Å². The third kappa shape index (κ3) is 2.80. The first kappa shape index (κ1) is 14.9. The van der Waals surface area contributed by atoms with Gasteiger partial charge in [0.2, 0.25) is 0 Å². The monoisotopic (exact) mass is 337 g/mol. The number of rotatable bonds is 3. The standard InChI is InChI=1S/C20H17OS2/c21-14-13-15-9-11-16(12-10-15)23-19-7-3-1-5-17(19)22-18-6-2-4-8-20(18)23/h1-12,21H,13-14H2/q+1. The van der Waals surface area contributed by atoms with E-state index >= 15 is 0 Å². The van der Waals surface area contributed by atoms with E-state index in [0.717, 1.165) is 6.42 Å². The smallest absolute Gasteiger partial charge is 0.180 e. The zero-order chi connectivity index (χ0) is 15.6. The Morgan fingerprint density at radius 3 is 1.87 bits per heavy atom. The minimum absolute atomic E-state index is 0.0535. The molecule has 1 heterocycles. The summed E-state index contributed by atoms with van der Waals surface area (Å²) in [5.41, 5.74) is 1.19. The molecule has 3 heteroatoms. The zero-order valence-electron chi connectivity index (χ0n) is 12.6. The van der Waals surface area contributed by atoms with Gasteiger partial charge in [-0.3, -0.25) is 0 Å². The molecule has 0 bridgehead atoms. The molecule has 0 fully saturated rings. The molecule has 1 aliphatic heterocycles. The highest BCUT2D eigenvalue weighted by molar-refractivity contribution is 8.04. The Hall–Kier alpha value is -1.68. The quantitative estimate of drug-likeness (QED) is 0.543. The molecule has 0 spiro atoms. The van der Waals surface area contributed by atoms with Crippen LogP contribution in [-0.4, -0.2) is 11.7 Å². The van der Waals surface area contributed by atoms with E-state index in [-0.39, 0.29) is 17.5 Å². The summed E-state index contributed by atoms with van der Waals surface area (Å²) in [5.74, 6) is 0. The number of hydrogen-bond acceptors (Lipinski definition) is 2. The first-order valence-corrected chi connectivity index (χ1v) is 9.71. The predicted molar refractivity (Wildman–Crippen MR) is 96.4 cm³/mol. The van der Waals surface area contributed by atoms with Crippen LogP contribution in [0.5, 0.6) is 0 Å². The fourth-order valence-electron chi connectivity index (χ4n) is 2.82. The highest BCUT2D eigenvalue weighted by Gasteiger charge is 2.37. The van der Waals surface area contributed by atoms with E-state index in [1.165, 1.54) is 30.0 Å². The van der Waals surface area contributed by atoms with Gasteiger partial charge in [0.25, 0.3) is 0 Å². The maximum atomic E-state index is 9.10. The molecule has 23 heavy (non-hydrogen) atoms. The molecule has 0 atom stereocenters. The summed E-state index contributed by atoms with van der Waals surface area (Å²) in [4.78, 5) is 6.87. The van der Waals surface area contributed by atoms with Crippen LogP contribution in [0.15, 0.2) is 97.3 Å². The van der Waals surface area contributed by atoms with Crippen molar-refractivity contribution in [2.75, 3.05) is 6.61 Å². The lowest BCUT2D eigenvalue weighted by Gasteiger charge is -2.18. The zero-order valence-corrected chi connectivity index (χ0v) is 14.2. The maximum absolute atomic E-state index is 9.10. The SMILES string of the molecule is OCCc1ccc([S+]2c3ccccc3Sc3ccccc32)cc1. The second kappa shape index (κ2) is 6.44. The molecule has 0 saturated carbocycles. The topological polar surface area (TPSA) is 20.2 Å². The molecule has 0 aromatic heterocycles. The fraction of sp³-hybridized carbons (Fsp3) is 0.100. The van der Waals surface area contributed by atoms with E-state index in [9.17, 15) is 0 Å². The average Bonchev–Trinajstić information content (AvgIpc) is 2.61. The van der Waals surface area contributed by atoms with Gasteiger partial charge in [0.1, 0.15) is 10.9 Å². The summed E-state index contributed by atoms with van der Waals surface area (Å²) < 4.78 is 0. The van der Waals surface area contributed by atoms with Gasteiger partial charge in [0.15, 0.2) is 14.7 Å². The van der Waals surface area contributed by atoms with Gasteiger partial charge in [-0.1, -0.05) is 48.2 Å². The molecule has 1 aliphatic rings. The van der Waals surface area contributed by atoms with Crippen LogP contribution in [-0.2, 0) is 17.3 Å². The summed E-state index contributed by atoms with van der Waals surface area (Å²) >= 11 is 1.87. The maximum Gasteiger partial charge on any atom is 0.180 e. The molecule has 0 unspecified atom stereocenters. The molecule has 1 nitrogen and oxygen atoms in total. The van der Waals surface area contributed by atoms with Crippen molar-refractivity contribution in [1.82, 2.24) is 0 Å². The van der Waals surface area contributed by atoms with Crippen molar-refractivity contribution >= 4 is 22.7 Å². The van der Waals surface area contributed by atoms with Crippen LogP contribution >= 0.6 is 11.8 Å². The van der Waals surface area contributed by atoms with Crippen LogP contribution in [0.2, 0.25) is 0 Å². The molecule has 3 aromatic carbocycles. The predicted octanol–water partition coefficient (Wildman–Crippen LogP) is 4.78. The van der Waals surface area contributed by atoms with Crippen molar-refractivity contribution in [1.29, 1.82) is 0 Å². The molecular formula is C20H17OS2+. The number of aliphatic hydroxyl groups is 1. The van der Waals surface area contributed by atoms with Crippen molar-refractivity contribution in [3.05, 3.63) is 78.4 Å². The molecule has 3 aromatic rings. The minimum atomic E-state index is -0.0535. The van der Waals surface area contributed by atoms with Gasteiger partial charge in [-0.05, 0) is 48.4 Å². The van der Waals surface area contributed by atoms with Gasteiger partial charge in [0.05, 0.1) is 9.79 Å². The molecular weight excluding hydrogens is 320 g/mol. The molecule has 114 valence electrons.